The average molecular weight is 312 g/mol. The number of benzene rings is 1. The predicted molar refractivity (Wildman–Crippen MR) is 93.7 cm³/mol. The molecule has 0 bridgehead atoms. The standard InChI is InChI=1S/C18H24N4O/c1-12-8-9-16(23-3)15(10-12)21-17-11-13(2)19-18(22-17)20-14-6-4-5-7-14/h8-11,14H,4-7H2,1-3H3,(H2,19,20,21,22). The van der Waals surface area contributed by atoms with Crippen LogP contribution in [0.15, 0.2) is 24.3 Å². The second kappa shape index (κ2) is 6.86. The Morgan fingerprint density at radius 3 is 2.61 bits per heavy atom. The quantitative estimate of drug-likeness (QED) is 0.866. The van der Waals surface area contributed by atoms with Crippen LogP contribution < -0.4 is 15.4 Å². The van der Waals surface area contributed by atoms with Gasteiger partial charge in [0.25, 0.3) is 0 Å². The molecule has 1 aliphatic rings. The van der Waals surface area contributed by atoms with Gasteiger partial charge in [-0.25, -0.2) is 4.98 Å². The maximum Gasteiger partial charge on any atom is 0.225 e. The maximum atomic E-state index is 5.42. The SMILES string of the molecule is COc1ccc(C)cc1Nc1cc(C)nc(NC2CCCC2)n1. The van der Waals surface area contributed by atoms with Crippen LogP contribution in [-0.2, 0) is 0 Å². The number of rotatable bonds is 5. The van der Waals surface area contributed by atoms with Crippen molar-refractivity contribution in [2.75, 3.05) is 17.7 Å². The first-order chi connectivity index (χ1) is 11.1. The molecule has 0 spiro atoms. The number of anilines is 3. The van der Waals surface area contributed by atoms with Crippen LogP contribution in [0.5, 0.6) is 5.75 Å². The summed E-state index contributed by atoms with van der Waals surface area (Å²) >= 11 is 0. The van der Waals surface area contributed by atoms with Gasteiger partial charge in [0.15, 0.2) is 0 Å². The number of aromatic nitrogens is 2. The van der Waals surface area contributed by atoms with E-state index < -0.39 is 0 Å². The van der Waals surface area contributed by atoms with E-state index in [0.717, 1.165) is 22.9 Å². The molecule has 0 unspecified atom stereocenters. The highest BCUT2D eigenvalue weighted by atomic mass is 16.5. The number of ether oxygens (including phenoxy) is 1. The van der Waals surface area contributed by atoms with Gasteiger partial charge < -0.3 is 15.4 Å². The lowest BCUT2D eigenvalue weighted by atomic mass is 10.2. The van der Waals surface area contributed by atoms with Crippen molar-refractivity contribution in [2.45, 2.75) is 45.6 Å². The topological polar surface area (TPSA) is 59.1 Å². The molecule has 122 valence electrons. The van der Waals surface area contributed by atoms with Crippen molar-refractivity contribution < 1.29 is 4.74 Å². The van der Waals surface area contributed by atoms with Crippen molar-refractivity contribution in [3.63, 3.8) is 0 Å². The molecule has 5 heteroatoms. The Morgan fingerprint density at radius 1 is 1.09 bits per heavy atom. The summed E-state index contributed by atoms with van der Waals surface area (Å²) in [4.78, 5) is 9.11. The van der Waals surface area contributed by atoms with Crippen molar-refractivity contribution in [3.8, 4) is 5.75 Å². The van der Waals surface area contributed by atoms with Crippen LogP contribution >= 0.6 is 0 Å². The van der Waals surface area contributed by atoms with Gasteiger partial charge in [0, 0.05) is 17.8 Å². The fourth-order valence-electron chi connectivity index (χ4n) is 3.01. The minimum atomic E-state index is 0.498. The maximum absolute atomic E-state index is 5.42. The summed E-state index contributed by atoms with van der Waals surface area (Å²) in [7, 11) is 1.67. The normalized spacial score (nSPS) is 14.7. The van der Waals surface area contributed by atoms with E-state index in [-0.39, 0.29) is 0 Å². The lowest BCUT2D eigenvalue weighted by molar-refractivity contribution is 0.416. The van der Waals surface area contributed by atoms with Gasteiger partial charge in [-0.05, 0) is 44.4 Å². The third kappa shape index (κ3) is 3.92. The Morgan fingerprint density at radius 2 is 1.87 bits per heavy atom. The summed E-state index contributed by atoms with van der Waals surface area (Å²) in [6.07, 6.45) is 4.97. The summed E-state index contributed by atoms with van der Waals surface area (Å²) in [6.45, 7) is 4.04. The average Bonchev–Trinajstić information content (AvgIpc) is 3.00. The highest BCUT2D eigenvalue weighted by molar-refractivity contribution is 5.65. The Kier molecular flexibility index (Phi) is 4.65. The molecule has 1 aliphatic carbocycles. The smallest absolute Gasteiger partial charge is 0.225 e. The molecule has 3 rings (SSSR count). The lowest BCUT2D eigenvalue weighted by Gasteiger charge is -2.15. The zero-order valence-electron chi connectivity index (χ0n) is 14.0. The summed E-state index contributed by atoms with van der Waals surface area (Å²) in [5, 5.41) is 6.81. The molecule has 23 heavy (non-hydrogen) atoms. The number of hydrogen-bond donors (Lipinski definition) is 2. The third-order valence-corrected chi connectivity index (χ3v) is 4.16. The van der Waals surface area contributed by atoms with Crippen molar-refractivity contribution in [3.05, 3.63) is 35.5 Å². The first-order valence-corrected chi connectivity index (χ1v) is 8.18. The van der Waals surface area contributed by atoms with Crippen LogP contribution in [0.4, 0.5) is 17.5 Å². The largest absolute Gasteiger partial charge is 0.495 e. The van der Waals surface area contributed by atoms with Crippen LogP contribution in [0.3, 0.4) is 0 Å². The fraction of sp³-hybridized carbons (Fsp3) is 0.444. The summed E-state index contributed by atoms with van der Waals surface area (Å²) in [5.41, 5.74) is 3.02. The van der Waals surface area contributed by atoms with Crippen molar-refractivity contribution in [1.29, 1.82) is 0 Å². The molecule has 1 heterocycles. The molecule has 0 radical (unpaired) electrons. The highest BCUT2D eigenvalue weighted by Gasteiger charge is 2.16. The van der Waals surface area contributed by atoms with E-state index in [1.165, 1.54) is 31.2 Å². The van der Waals surface area contributed by atoms with Gasteiger partial charge >= 0.3 is 0 Å². The van der Waals surface area contributed by atoms with Gasteiger partial charge in [-0.1, -0.05) is 18.9 Å². The van der Waals surface area contributed by atoms with Gasteiger partial charge in [-0.2, -0.15) is 4.98 Å². The number of nitrogens with one attached hydrogen (secondary N) is 2. The Balaban J connectivity index is 1.82. The van der Waals surface area contributed by atoms with Gasteiger partial charge in [0.2, 0.25) is 5.95 Å². The molecule has 1 aromatic heterocycles. The summed E-state index contributed by atoms with van der Waals surface area (Å²) < 4.78 is 5.42. The molecule has 5 nitrogen and oxygen atoms in total. The highest BCUT2D eigenvalue weighted by Crippen LogP contribution is 2.28. The van der Waals surface area contributed by atoms with Gasteiger partial charge in [0.05, 0.1) is 12.8 Å². The Bertz CT molecular complexity index is 681. The van der Waals surface area contributed by atoms with E-state index in [4.69, 9.17) is 4.74 Å². The molecule has 1 saturated carbocycles. The second-order valence-electron chi connectivity index (χ2n) is 6.17. The summed E-state index contributed by atoms with van der Waals surface area (Å²) in [5.74, 6) is 2.28. The van der Waals surface area contributed by atoms with Crippen LogP contribution in [0.1, 0.15) is 36.9 Å². The fourth-order valence-corrected chi connectivity index (χ4v) is 3.01. The van der Waals surface area contributed by atoms with E-state index in [1.54, 1.807) is 7.11 Å². The van der Waals surface area contributed by atoms with Crippen molar-refractivity contribution in [2.24, 2.45) is 0 Å². The minimum Gasteiger partial charge on any atom is -0.495 e. The zero-order valence-corrected chi connectivity index (χ0v) is 14.0. The summed E-state index contributed by atoms with van der Waals surface area (Å²) in [6, 6.07) is 8.49. The third-order valence-electron chi connectivity index (χ3n) is 4.16. The van der Waals surface area contributed by atoms with Crippen molar-refractivity contribution >= 4 is 17.5 Å². The Hall–Kier alpha value is -2.30. The van der Waals surface area contributed by atoms with E-state index in [1.807, 2.05) is 25.1 Å². The molecule has 0 aliphatic heterocycles. The van der Waals surface area contributed by atoms with Gasteiger partial charge in [-0.15, -0.1) is 0 Å². The Labute approximate surface area is 137 Å². The molecular weight excluding hydrogens is 288 g/mol. The number of nitrogens with zero attached hydrogens (tertiary/aromatic N) is 2. The van der Waals surface area contributed by atoms with E-state index in [0.29, 0.717) is 12.0 Å². The molecule has 0 saturated heterocycles. The molecule has 0 amide bonds. The lowest BCUT2D eigenvalue weighted by Crippen LogP contribution is -2.17. The van der Waals surface area contributed by atoms with E-state index in [2.05, 4.69) is 33.6 Å². The molecular formula is C18H24N4O. The van der Waals surface area contributed by atoms with Crippen molar-refractivity contribution in [1.82, 2.24) is 9.97 Å². The molecule has 0 atom stereocenters. The first kappa shape index (κ1) is 15.6. The van der Waals surface area contributed by atoms with Crippen LogP contribution in [0.25, 0.3) is 0 Å². The zero-order chi connectivity index (χ0) is 16.2. The minimum absolute atomic E-state index is 0.498. The van der Waals surface area contributed by atoms with Crippen LogP contribution in [-0.4, -0.2) is 23.1 Å². The first-order valence-electron chi connectivity index (χ1n) is 8.18. The van der Waals surface area contributed by atoms with Gasteiger partial charge in [-0.3, -0.25) is 0 Å². The number of hydrogen-bond acceptors (Lipinski definition) is 5. The van der Waals surface area contributed by atoms with E-state index in [9.17, 15) is 0 Å². The molecule has 1 aromatic carbocycles. The monoisotopic (exact) mass is 312 g/mol. The number of methoxy groups -OCH3 is 1. The van der Waals surface area contributed by atoms with Crippen LogP contribution in [0, 0.1) is 13.8 Å². The van der Waals surface area contributed by atoms with E-state index >= 15 is 0 Å². The second-order valence-corrected chi connectivity index (χ2v) is 6.17. The molecule has 2 aromatic rings. The molecule has 2 N–H and O–H groups in total. The predicted octanol–water partition coefficient (Wildman–Crippen LogP) is 4.20. The number of aryl methyl sites for hydroxylation is 2. The van der Waals surface area contributed by atoms with Gasteiger partial charge in [0.1, 0.15) is 11.6 Å². The van der Waals surface area contributed by atoms with Crippen LogP contribution in [0.2, 0.25) is 0 Å². The molecule has 1 fully saturated rings.